The number of benzene rings is 1. The van der Waals surface area contributed by atoms with Gasteiger partial charge in [-0.1, -0.05) is 11.6 Å². The van der Waals surface area contributed by atoms with Crippen LogP contribution in [-0.2, 0) is 4.74 Å². The molecule has 0 aliphatic carbocycles. The summed E-state index contributed by atoms with van der Waals surface area (Å²) in [5.74, 6) is -0.689. The number of aromatic hydroxyl groups is 1. The molecule has 0 aliphatic rings. The van der Waals surface area contributed by atoms with Gasteiger partial charge in [-0.25, -0.2) is 4.79 Å². The van der Waals surface area contributed by atoms with Crippen molar-refractivity contribution in [2.75, 3.05) is 6.61 Å². The Morgan fingerprint density at radius 3 is 2.92 bits per heavy atom. The molecular weight excluding hydrogens is 192 g/mol. The quantitative estimate of drug-likeness (QED) is 0.745. The van der Waals surface area contributed by atoms with Crippen LogP contribution < -0.4 is 0 Å². The number of hydrogen-bond donors (Lipinski definition) is 1. The lowest BCUT2D eigenvalue weighted by Gasteiger charge is -2.03. The molecular formula is C9H9ClO3. The number of carbonyl (C=O) groups is 1. The van der Waals surface area contributed by atoms with Crippen molar-refractivity contribution in [1.82, 2.24) is 0 Å². The second-order valence-electron chi connectivity index (χ2n) is 2.38. The van der Waals surface area contributed by atoms with Gasteiger partial charge in [0.1, 0.15) is 11.3 Å². The average Bonchev–Trinajstić information content (AvgIpc) is 2.09. The molecule has 0 bridgehead atoms. The molecule has 0 amide bonds. The third kappa shape index (κ3) is 2.36. The first-order chi connectivity index (χ1) is 6.15. The van der Waals surface area contributed by atoms with Crippen LogP contribution in [0.3, 0.4) is 0 Å². The first-order valence-electron chi connectivity index (χ1n) is 3.80. The smallest absolute Gasteiger partial charge is 0.341 e. The van der Waals surface area contributed by atoms with Crippen molar-refractivity contribution in [3.63, 3.8) is 0 Å². The van der Waals surface area contributed by atoms with Gasteiger partial charge in [0.2, 0.25) is 0 Å². The summed E-state index contributed by atoms with van der Waals surface area (Å²) >= 11 is 5.64. The van der Waals surface area contributed by atoms with Gasteiger partial charge in [-0.2, -0.15) is 0 Å². The molecule has 4 heteroatoms. The lowest BCUT2D eigenvalue weighted by atomic mass is 10.2. The molecule has 1 N–H and O–H groups in total. The fraction of sp³-hybridized carbons (Fsp3) is 0.222. The molecule has 70 valence electrons. The van der Waals surface area contributed by atoms with Gasteiger partial charge in [-0.3, -0.25) is 0 Å². The van der Waals surface area contributed by atoms with E-state index < -0.39 is 5.97 Å². The monoisotopic (exact) mass is 200 g/mol. The van der Waals surface area contributed by atoms with Crippen molar-refractivity contribution in [3.8, 4) is 5.75 Å². The highest BCUT2D eigenvalue weighted by atomic mass is 35.5. The number of carbonyl (C=O) groups excluding carboxylic acids is 1. The number of phenols is 1. The topological polar surface area (TPSA) is 46.5 Å². The second kappa shape index (κ2) is 4.14. The Kier molecular flexibility index (Phi) is 3.14. The van der Waals surface area contributed by atoms with Crippen LogP contribution >= 0.6 is 11.6 Å². The fourth-order valence-electron chi connectivity index (χ4n) is 0.881. The molecule has 0 aromatic heterocycles. The Balaban J connectivity index is 2.99. The third-order valence-electron chi connectivity index (χ3n) is 1.45. The lowest BCUT2D eigenvalue weighted by molar-refractivity contribution is 0.0523. The minimum Gasteiger partial charge on any atom is -0.507 e. The van der Waals surface area contributed by atoms with E-state index in [9.17, 15) is 9.90 Å². The van der Waals surface area contributed by atoms with E-state index in [0.29, 0.717) is 5.02 Å². The molecule has 0 aliphatic heterocycles. The molecule has 0 unspecified atom stereocenters. The van der Waals surface area contributed by atoms with Gasteiger partial charge in [0.05, 0.1) is 6.61 Å². The van der Waals surface area contributed by atoms with E-state index in [-0.39, 0.29) is 17.9 Å². The highest BCUT2D eigenvalue weighted by Gasteiger charge is 2.11. The van der Waals surface area contributed by atoms with E-state index in [2.05, 4.69) is 0 Å². The maximum atomic E-state index is 11.2. The van der Waals surface area contributed by atoms with E-state index in [0.717, 1.165) is 0 Å². The van der Waals surface area contributed by atoms with Gasteiger partial charge in [-0.15, -0.1) is 0 Å². The number of halogens is 1. The van der Waals surface area contributed by atoms with Crippen LogP contribution in [0.25, 0.3) is 0 Å². The molecule has 0 heterocycles. The molecule has 0 radical (unpaired) electrons. The summed E-state index contributed by atoms with van der Waals surface area (Å²) in [7, 11) is 0. The molecule has 0 fully saturated rings. The second-order valence-corrected chi connectivity index (χ2v) is 2.82. The van der Waals surface area contributed by atoms with Gasteiger partial charge in [0.15, 0.2) is 0 Å². The third-order valence-corrected chi connectivity index (χ3v) is 1.69. The summed E-state index contributed by atoms with van der Waals surface area (Å²) in [6, 6.07) is 4.23. The Morgan fingerprint density at radius 2 is 2.31 bits per heavy atom. The summed E-state index contributed by atoms with van der Waals surface area (Å²) in [6.45, 7) is 1.96. The highest BCUT2D eigenvalue weighted by molar-refractivity contribution is 6.31. The first-order valence-corrected chi connectivity index (χ1v) is 4.18. The van der Waals surface area contributed by atoms with E-state index in [1.54, 1.807) is 6.92 Å². The van der Waals surface area contributed by atoms with E-state index in [4.69, 9.17) is 16.3 Å². The summed E-state index contributed by atoms with van der Waals surface area (Å²) in [5.41, 5.74) is 0.0920. The fourth-order valence-corrected chi connectivity index (χ4v) is 1.05. The van der Waals surface area contributed by atoms with Crippen LogP contribution in [-0.4, -0.2) is 17.7 Å². The van der Waals surface area contributed by atoms with Crippen LogP contribution in [0.15, 0.2) is 18.2 Å². The maximum Gasteiger partial charge on any atom is 0.341 e. The predicted octanol–water partition coefficient (Wildman–Crippen LogP) is 2.22. The zero-order valence-electron chi connectivity index (χ0n) is 7.08. The van der Waals surface area contributed by atoms with Crippen LogP contribution in [0, 0.1) is 0 Å². The van der Waals surface area contributed by atoms with Gasteiger partial charge in [0, 0.05) is 5.02 Å². The number of phenolic OH excluding ortho intramolecular Hbond substituents is 1. The van der Waals surface area contributed by atoms with Crippen LogP contribution in [0.4, 0.5) is 0 Å². The van der Waals surface area contributed by atoms with E-state index in [1.165, 1.54) is 18.2 Å². The van der Waals surface area contributed by atoms with Crippen molar-refractivity contribution in [3.05, 3.63) is 28.8 Å². The van der Waals surface area contributed by atoms with Gasteiger partial charge < -0.3 is 9.84 Å². The molecule has 0 saturated carbocycles. The lowest BCUT2D eigenvalue weighted by Crippen LogP contribution is -2.04. The molecule has 0 atom stereocenters. The van der Waals surface area contributed by atoms with Gasteiger partial charge >= 0.3 is 5.97 Å². The number of ether oxygens (including phenoxy) is 1. The summed E-state index contributed by atoms with van der Waals surface area (Å²) in [6.07, 6.45) is 0. The molecule has 3 nitrogen and oxygen atoms in total. The van der Waals surface area contributed by atoms with Crippen molar-refractivity contribution < 1.29 is 14.6 Å². The molecule has 0 saturated heterocycles. The molecule has 1 aromatic rings. The van der Waals surface area contributed by atoms with Crippen molar-refractivity contribution >= 4 is 17.6 Å². The van der Waals surface area contributed by atoms with Crippen molar-refractivity contribution in [2.24, 2.45) is 0 Å². The van der Waals surface area contributed by atoms with E-state index >= 15 is 0 Å². The molecule has 1 aromatic carbocycles. The minimum absolute atomic E-state index is 0.0920. The Hall–Kier alpha value is -1.22. The minimum atomic E-state index is -0.567. The maximum absolute atomic E-state index is 11.2. The Labute approximate surface area is 80.9 Å². The summed E-state index contributed by atoms with van der Waals surface area (Å²) < 4.78 is 4.71. The van der Waals surface area contributed by atoms with Gasteiger partial charge in [-0.05, 0) is 25.1 Å². The molecule has 0 spiro atoms. The van der Waals surface area contributed by atoms with Crippen LogP contribution in [0.1, 0.15) is 17.3 Å². The average molecular weight is 201 g/mol. The van der Waals surface area contributed by atoms with Crippen molar-refractivity contribution in [2.45, 2.75) is 6.92 Å². The van der Waals surface area contributed by atoms with Crippen molar-refractivity contribution in [1.29, 1.82) is 0 Å². The number of hydrogen-bond acceptors (Lipinski definition) is 3. The van der Waals surface area contributed by atoms with Crippen LogP contribution in [0.5, 0.6) is 5.75 Å². The first kappa shape index (κ1) is 9.86. The Morgan fingerprint density at radius 1 is 1.62 bits per heavy atom. The summed E-state index contributed by atoms with van der Waals surface area (Å²) in [5, 5.41) is 9.66. The number of rotatable bonds is 2. The Bertz CT molecular complexity index is 323. The molecule has 13 heavy (non-hydrogen) atoms. The highest BCUT2D eigenvalue weighted by Crippen LogP contribution is 2.21. The normalized spacial score (nSPS) is 9.69. The van der Waals surface area contributed by atoms with E-state index in [1.807, 2.05) is 0 Å². The zero-order chi connectivity index (χ0) is 9.84. The summed E-state index contributed by atoms with van der Waals surface area (Å²) in [4.78, 5) is 11.2. The standard InChI is InChI=1S/C9H9ClO3/c1-2-13-9(12)7-5-6(10)3-4-8(7)11/h3-5,11H,2H2,1H3. The predicted molar refractivity (Wildman–Crippen MR) is 49.1 cm³/mol. The van der Waals surface area contributed by atoms with Crippen LogP contribution in [0.2, 0.25) is 5.02 Å². The SMILES string of the molecule is CCOC(=O)c1cc(Cl)ccc1O. The number of esters is 1. The molecule has 1 rings (SSSR count). The zero-order valence-corrected chi connectivity index (χ0v) is 7.84. The van der Waals surface area contributed by atoms with Gasteiger partial charge in [0.25, 0.3) is 0 Å². The largest absolute Gasteiger partial charge is 0.507 e.